The Morgan fingerprint density at radius 2 is 2.18 bits per heavy atom. The Morgan fingerprint density at radius 1 is 1.50 bits per heavy atom. The molecule has 2 fully saturated rings. The molecule has 1 saturated heterocycles. The first-order valence-corrected chi connectivity index (χ1v) is 7.66. The summed E-state index contributed by atoms with van der Waals surface area (Å²) in [5, 5.41) is 10.8. The molecule has 5 nitrogen and oxygen atoms in total. The number of rotatable bonds is 1. The van der Waals surface area contributed by atoms with Gasteiger partial charge in [0, 0.05) is 30.8 Å². The van der Waals surface area contributed by atoms with Crippen molar-refractivity contribution >= 4 is 11.9 Å². The number of ether oxygens (including phenoxy) is 2. The molecule has 1 N–H and O–H groups in total. The molecular weight excluding hydrogens is 284 g/mol. The van der Waals surface area contributed by atoms with Crippen LogP contribution in [-0.4, -0.2) is 28.9 Å². The first-order chi connectivity index (χ1) is 10.2. The second kappa shape index (κ2) is 4.69. The van der Waals surface area contributed by atoms with Crippen molar-refractivity contribution in [2.24, 2.45) is 17.3 Å². The quantitative estimate of drug-likeness (QED) is 0.456. The molecule has 3 rings (SSSR count). The first-order valence-electron chi connectivity index (χ1n) is 7.66. The van der Waals surface area contributed by atoms with E-state index in [1.807, 2.05) is 6.92 Å². The van der Waals surface area contributed by atoms with Gasteiger partial charge in [0.25, 0.3) is 0 Å². The largest absolute Gasteiger partial charge is 0.462 e. The summed E-state index contributed by atoms with van der Waals surface area (Å²) in [6.45, 7) is 9.23. The van der Waals surface area contributed by atoms with Crippen molar-refractivity contribution in [2.45, 2.75) is 51.9 Å². The average molecular weight is 306 g/mol. The fourth-order valence-electron chi connectivity index (χ4n) is 4.50. The van der Waals surface area contributed by atoms with Gasteiger partial charge in [0.2, 0.25) is 5.79 Å². The topological polar surface area (TPSA) is 72.8 Å². The van der Waals surface area contributed by atoms with Crippen molar-refractivity contribution in [1.29, 1.82) is 0 Å². The number of aliphatic hydroxyl groups is 1. The smallest absolute Gasteiger partial charge is 0.336 e. The molecule has 0 amide bonds. The molecule has 0 unspecified atom stereocenters. The lowest BCUT2D eigenvalue weighted by Gasteiger charge is -2.53. The summed E-state index contributed by atoms with van der Waals surface area (Å²) in [5.41, 5.74) is 1.09. The molecule has 0 aromatic carbocycles. The summed E-state index contributed by atoms with van der Waals surface area (Å²) in [6.07, 6.45) is 3.22. The van der Waals surface area contributed by atoms with Crippen molar-refractivity contribution in [3.63, 3.8) is 0 Å². The van der Waals surface area contributed by atoms with Gasteiger partial charge in [0.1, 0.15) is 6.10 Å². The van der Waals surface area contributed by atoms with Gasteiger partial charge < -0.3 is 14.6 Å². The Labute approximate surface area is 130 Å². The van der Waals surface area contributed by atoms with Crippen LogP contribution in [0.25, 0.3) is 0 Å². The van der Waals surface area contributed by atoms with Crippen molar-refractivity contribution in [3.05, 3.63) is 23.8 Å². The Morgan fingerprint density at radius 3 is 2.82 bits per heavy atom. The normalized spacial score (nSPS) is 43.8. The molecule has 120 valence electrons. The number of carbonyl (C=O) groups is 2. The molecule has 0 aromatic rings. The highest BCUT2D eigenvalue weighted by Gasteiger charge is 2.63. The van der Waals surface area contributed by atoms with Crippen LogP contribution in [0.2, 0.25) is 0 Å². The van der Waals surface area contributed by atoms with E-state index in [1.54, 1.807) is 0 Å². The van der Waals surface area contributed by atoms with E-state index in [1.165, 1.54) is 12.5 Å². The third-order valence-corrected chi connectivity index (χ3v) is 5.65. The van der Waals surface area contributed by atoms with E-state index >= 15 is 0 Å². The molecule has 5 heteroatoms. The molecule has 1 aliphatic heterocycles. The maximum absolute atomic E-state index is 11.8. The Balaban J connectivity index is 2.00. The van der Waals surface area contributed by atoms with Crippen LogP contribution in [0.1, 0.15) is 40.0 Å². The van der Waals surface area contributed by atoms with Crippen LogP contribution in [0.5, 0.6) is 0 Å². The van der Waals surface area contributed by atoms with Crippen molar-refractivity contribution in [3.8, 4) is 0 Å². The van der Waals surface area contributed by atoms with Gasteiger partial charge in [-0.25, -0.2) is 4.79 Å². The average Bonchev–Trinajstić information content (AvgIpc) is 2.61. The van der Waals surface area contributed by atoms with Gasteiger partial charge in [-0.15, -0.1) is 0 Å². The van der Waals surface area contributed by atoms with Crippen LogP contribution in [0, 0.1) is 17.3 Å². The van der Waals surface area contributed by atoms with E-state index in [0.717, 1.165) is 0 Å². The summed E-state index contributed by atoms with van der Waals surface area (Å²) >= 11 is 0. The number of allylic oxidation sites excluding steroid dienone is 1. The van der Waals surface area contributed by atoms with Crippen LogP contribution in [0.15, 0.2) is 23.8 Å². The molecular formula is C17H22O5. The first kappa shape index (κ1) is 15.3. The van der Waals surface area contributed by atoms with E-state index in [-0.39, 0.29) is 24.4 Å². The number of hydrogen-bond acceptors (Lipinski definition) is 5. The number of hydrogen-bond donors (Lipinski definition) is 1. The standard InChI is InChI=1S/C17H22O5/c1-9-5-6-14(21-11(3)18)16(4)8-17(20)13(7-12(9)16)10(2)15(19)22-17/h5,12-14,20H,2,6-8H2,1,3-4H3/t12-,13+,14+,16+,17-/m0/s1. The van der Waals surface area contributed by atoms with Gasteiger partial charge in [-0.05, 0) is 19.3 Å². The zero-order valence-corrected chi connectivity index (χ0v) is 13.2. The van der Waals surface area contributed by atoms with Crippen LogP contribution in [-0.2, 0) is 19.1 Å². The molecule has 0 spiro atoms. The molecule has 2 aliphatic carbocycles. The molecule has 0 bridgehead atoms. The van der Waals surface area contributed by atoms with E-state index in [9.17, 15) is 14.7 Å². The zero-order valence-electron chi connectivity index (χ0n) is 13.2. The van der Waals surface area contributed by atoms with Gasteiger partial charge in [-0.3, -0.25) is 4.79 Å². The summed E-state index contributed by atoms with van der Waals surface area (Å²) in [7, 11) is 0. The van der Waals surface area contributed by atoms with Crippen molar-refractivity contribution < 1.29 is 24.2 Å². The highest BCUT2D eigenvalue weighted by molar-refractivity contribution is 5.91. The fourth-order valence-corrected chi connectivity index (χ4v) is 4.50. The minimum atomic E-state index is -1.53. The third-order valence-electron chi connectivity index (χ3n) is 5.65. The van der Waals surface area contributed by atoms with E-state index < -0.39 is 23.1 Å². The lowest BCUT2D eigenvalue weighted by Crippen LogP contribution is -2.56. The SMILES string of the molecule is C=C1C(=O)O[C@@]2(O)C[C@@]3(C)[C@H](OC(C)=O)CC=C(C)[C@@H]3C[C@H]12. The third kappa shape index (κ3) is 2.02. The van der Waals surface area contributed by atoms with Crippen LogP contribution < -0.4 is 0 Å². The second-order valence-electron chi connectivity index (χ2n) is 7.06. The molecule has 1 saturated carbocycles. The Hall–Kier alpha value is -1.62. The summed E-state index contributed by atoms with van der Waals surface area (Å²) in [6, 6.07) is 0. The summed E-state index contributed by atoms with van der Waals surface area (Å²) in [5.74, 6) is -2.66. The predicted molar refractivity (Wildman–Crippen MR) is 78.4 cm³/mol. The maximum Gasteiger partial charge on any atom is 0.336 e. The lowest BCUT2D eigenvalue weighted by atomic mass is 9.54. The highest BCUT2D eigenvalue weighted by atomic mass is 16.7. The number of carbonyl (C=O) groups excluding carboxylic acids is 2. The zero-order chi connectivity index (χ0) is 16.3. The predicted octanol–water partition coefficient (Wildman–Crippen LogP) is 2.10. The minimum absolute atomic E-state index is 0.127. The van der Waals surface area contributed by atoms with Crippen molar-refractivity contribution in [2.75, 3.05) is 0 Å². The molecule has 1 heterocycles. The molecule has 5 atom stereocenters. The summed E-state index contributed by atoms with van der Waals surface area (Å²) in [4.78, 5) is 23.2. The maximum atomic E-state index is 11.8. The van der Waals surface area contributed by atoms with Crippen LogP contribution in [0.4, 0.5) is 0 Å². The van der Waals surface area contributed by atoms with Crippen LogP contribution in [0.3, 0.4) is 0 Å². The van der Waals surface area contributed by atoms with Gasteiger partial charge in [-0.2, -0.15) is 0 Å². The van der Waals surface area contributed by atoms with Gasteiger partial charge in [0.15, 0.2) is 0 Å². The van der Waals surface area contributed by atoms with Gasteiger partial charge >= 0.3 is 11.9 Å². The Bertz CT molecular complexity index is 592. The van der Waals surface area contributed by atoms with Gasteiger partial charge in [-0.1, -0.05) is 25.2 Å². The minimum Gasteiger partial charge on any atom is -0.462 e. The summed E-state index contributed by atoms with van der Waals surface area (Å²) < 4.78 is 10.7. The van der Waals surface area contributed by atoms with Crippen molar-refractivity contribution in [1.82, 2.24) is 0 Å². The Kier molecular flexibility index (Phi) is 3.25. The number of esters is 2. The lowest BCUT2D eigenvalue weighted by molar-refractivity contribution is -0.247. The van der Waals surface area contributed by atoms with E-state index in [0.29, 0.717) is 18.4 Å². The molecule has 22 heavy (non-hydrogen) atoms. The monoisotopic (exact) mass is 306 g/mol. The highest BCUT2D eigenvalue weighted by Crippen LogP contribution is 2.59. The number of fused-ring (bicyclic) bond motifs is 2. The second-order valence-corrected chi connectivity index (χ2v) is 7.06. The molecule has 3 aliphatic rings. The molecule has 0 aromatic heterocycles. The van der Waals surface area contributed by atoms with E-state index in [4.69, 9.17) is 9.47 Å². The van der Waals surface area contributed by atoms with Crippen LogP contribution >= 0.6 is 0 Å². The molecule has 0 radical (unpaired) electrons. The van der Waals surface area contributed by atoms with E-state index in [2.05, 4.69) is 19.6 Å². The fraction of sp³-hybridized carbons (Fsp3) is 0.647. The van der Waals surface area contributed by atoms with Gasteiger partial charge in [0.05, 0.1) is 5.92 Å².